The van der Waals surface area contributed by atoms with Crippen LogP contribution in [-0.2, 0) is 36.4 Å². The molecule has 39 heavy (non-hydrogen) atoms. The Morgan fingerprint density at radius 3 is 2.49 bits per heavy atom. The molecule has 3 aliphatic heterocycles. The van der Waals surface area contributed by atoms with Crippen molar-refractivity contribution in [2.45, 2.75) is 37.3 Å². The molecule has 1 saturated heterocycles. The van der Waals surface area contributed by atoms with E-state index >= 15 is 0 Å². The predicted molar refractivity (Wildman–Crippen MR) is 150 cm³/mol. The standard InChI is InChI=1S/C29H36N4O5S/c1-39(36,37)33-21-29(24-9-5-6-10-26(24)33)13-17-32(18-14-29)28(35)25(20-38-19-22-7-3-2-4-8-22)31-27(34)23-11-15-30-16-12-23/h2-11,25,30H,12-21H2,1H3,(H,31,34)/t25-/m1/s1. The van der Waals surface area contributed by atoms with E-state index in [9.17, 15) is 18.0 Å². The molecule has 2 amide bonds. The number of benzene rings is 2. The Hall–Kier alpha value is -3.21. The summed E-state index contributed by atoms with van der Waals surface area (Å²) in [5, 5.41) is 6.13. The second kappa shape index (κ2) is 11.5. The number of piperidine rings is 1. The van der Waals surface area contributed by atoms with Gasteiger partial charge in [-0.1, -0.05) is 54.6 Å². The monoisotopic (exact) mass is 552 g/mol. The summed E-state index contributed by atoms with van der Waals surface area (Å²) in [6, 6.07) is 16.6. The summed E-state index contributed by atoms with van der Waals surface area (Å²) < 4.78 is 32.4. The minimum absolute atomic E-state index is 0.0668. The molecule has 3 aliphatic rings. The molecule has 5 rings (SSSR count). The third kappa shape index (κ3) is 6.03. The normalized spacial score (nSPS) is 19.4. The van der Waals surface area contributed by atoms with E-state index in [1.807, 2.05) is 60.7 Å². The quantitative estimate of drug-likeness (QED) is 0.519. The number of likely N-dealkylation sites (tertiary alicyclic amines) is 1. The highest BCUT2D eigenvalue weighted by atomic mass is 32.2. The van der Waals surface area contributed by atoms with Gasteiger partial charge in [0.25, 0.3) is 0 Å². The Kier molecular flexibility index (Phi) is 8.06. The van der Waals surface area contributed by atoms with Gasteiger partial charge in [0.1, 0.15) is 6.04 Å². The molecule has 0 unspecified atom stereocenters. The summed E-state index contributed by atoms with van der Waals surface area (Å²) in [6.45, 7) is 3.10. The summed E-state index contributed by atoms with van der Waals surface area (Å²) >= 11 is 0. The summed E-state index contributed by atoms with van der Waals surface area (Å²) in [6.07, 6.45) is 5.00. The summed E-state index contributed by atoms with van der Waals surface area (Å²) in [5.41, 5.74) is 3.09. The number of carbonyl (C=O) groups is 2. The molecular formula is C29H36N4O5S. The van der Waals surface area contributed by atoms with Gasteiger partial charge in [0.05, 0.1) is 25.2 Å². The van der Waals surface area contributed by atoms with Crippen molar-refractivity contribution in [1.82, 2.24) is 15.5 Å². The van der Waals surface area contributed by atoms with Crippen molar-refractivity contribution >= 4 is 27.5 Å². The zero-order valence-corrected chi connectivity index (χ0v) is 23.1. The van der Waals surface area contributed by atoms with Crippen molar-refractivity contribution in [2.24, 2.45) is 0 Å². The molecule has 208 valence electrons. The molecule has 1 fully saturated rings. The van der Waals surface area contributed by atoms with E-state index in [1.165, 1.54) is 10.6 Å². The van der Waals surface area contributed by atoms with Crippen LogP contribution in [0.25, 0.3) is 0 Å². The number of carbonyl (C=O) groups excluding carboxylic acids is 2. The van der Waals surface area contributed by atoms with Crippen molar-refractivity contribution in [3.05, 3.63) is 77.4 Å². The molecule has 0 saturated carbocycles. The molecule has 0 bridgehead atoms. The average molecular weight is 553 g/mol. The number of rotatable bonds is 8. The van der Waals surface area contributed by atoms with E-state index in [0.29, 0.717) is 57.6 Å². The Morgan fingerprint density at radius 1 is 1.08 bits per heavy atom. The minimum atomic E-state index is -3.41. The van der Waals surface area contributed by atoms with Crippen molar-refractivity contribution in [1.29, 1.82) is 0 Å². The fourth-order valence-electron chi connectivity index (χ4n) is 5.81. The third-order valence-corrected chi connectivity index (χ3v) is 9.10. The SMILES string of the molecule is CS(=O)(=O)N1CC2(CCN(C(=O)[C@@H](COCc3ccccc3)NC(=O)C3=CCNCC3)CC2)c2ccccc21. The van der Waals surface area contributed by atoms with Crippen molar-refractivity contribution < 1.29 is 22.7 Å². The molecular weight excluding hydrogens is 516 g/mol. The molecule has 9 nitrogen and oxygen atoms in total. The lowest BCUT2D eigenvalue weighted by molar-refractivity contribution is -0.139. The fraction of sp³-hybridized carbons (Fsp3) is 0.448. The van der Waals surface area contributed by atoms with E-state index in [4.69, 9.17) is 4.74 Å². The van der Waals surface area contributed by atoms with Gasteiger partial charge in [0, 0.05) is 37.2 Å². The zero-order chi connectivity index (χ0) is 27.5. The van der Waals surface area contributed by atoms with Crippen LogP contribution in [0.2, 0.25) is 0 Å². The molecule has 3 heterocycles. The predicted octanol–water partition coefficient (Wildman–Crippen LogP) is 1.95. The Labute approximate surface area is 230 Å². The highest BCUT2D eigenvalue weighted by Gasteiger charge is 2.47. The smallest absolute Gasteiger partial charge is 0.247 e. The zero-order valence-electron chi connectivity index (χ0n) is 22.3. The van der Waals surface area contributed by atoms with Crippen LogP contribution in [-0.4, -0.2) is 76.8 Å². The number of hydrogen-bond donors (Lipinski definition) is 2. The topological polar surface area (TPSA) is 108 Å². The molecule has 10 heteroatoms. The summed E-state index contributed by atoms with van der Waals surface area (Å²) in [5.74, 6) is -0.410. The number of hydrogen-bond acceptors (Lipinski definition) is 6. The van der Waals surface area contributed by atoms with Crippen LogP contribution in [0.4, 0.5) is 5.69 Å². The van der Waals surface area contributed by atoms with Gasteiger partial charge in [-0.05, 0) is 43.0 Å². The summed E-state index contributed by atoms with van der Waals surface area (Å²) in [7, 11) is -3.41. The molecule has 0 aromatic heterocycles. The lowest BCUT2D eigenvalue weighted by atomic mass is 9.74. The molecule has 1 atom stereocenters. The number of nitrogens with zero attached hydrogens (tertiary/aromatic N) is 2. The Bertz CT molecular complexity index is 1340. The van der Waals surface area contributed by atoms with Crippen LogP contribution in [0.1, 0.15) is 30.4 Å². The van der Waals surface area contributed by atoms with Crippen LogP contribution in [0.5, 0.6) is 0 Å². The van der Waals surface area contributed by atoms with E-state index in [0.717, 1.165) is 23.4 Å². The number of ether oxygens (including phenoxy) is 1. The van der Waals surface area contributed by atoms with Gasteiger partial charge in [0.15, 0.2) is 0 Å². The number of fused-ring (bicyclic) bond motifs is 2. The van der Waals surface area contributed by atoms with E-state index in [-0.39, 0.29) is 23.8 Å². The van der Waals surface area contributed by atoms with Crippen LogP contribution >= 0.6 is 0 Å². The highest BCUT2D eigenvalue weighted by molar-refractivity contribution is 7.92. The second-order valence-electron chi connectivity index (χ2n) is 10.6. The van der Waals surface area contributed by atoms with E-state index < -0.39 is 16.1 Å². The third-order valence-electron chi connectivity index (χ3n) is 7.98. The molecule has 2 aromatic carbocycles. The maximum atomic E-state index is 13.7. The second-order valence-corrected chi connectivity index (χ2v) is 12.5. The van der Waals surface area contributed by atoms with Crippen LogP contribution in [0.3, 0.4) is 0 Å². The minimum Gasteiger partial charge on any atom is -0.374 e. The van der Waals surface area contributed by atoms with E-state index in [2.05, 4.69) is 10.6 Å². The number of nitrogens with one attached hydrogen (secondary N) is 2. The first-order valence-corrected chi connectivity index (χ1v) is 15.3. The first-order valence-electron chi connectivity index (χ1n) is 13.5. The van der Waals surface area contributed by atoms with Crippen LogP contribution in [0, 0.1) is 0 Å². The molecule has 2 N–H and O–H groups in total. The highest BCUT2D eigenvalue weighted by Crippen LogP contribution is 2.47. The number of para-hydroxylation sites is 1. The first-order chi connectivity index (χ1) is 18.8. The first kappa shape index (κ1) is 27.4. The number of anilines is 1. The van der Waals surface area contributed by atoms with E-state index in [1.54, 1.807) is 4.90 Å². The van der Waals surface area contributed by atoms with Crippen LogP contribution < -0.4 is 14.9 Å². The molecule has 0 aliphatic carbocycles. The lowest BCUT2D eigenvalue weighted by Crippen LogP contribution is -2.55. The van der Waals surface area contributed by atoms with Crippen molar-refractivity contribution in [3.63, 3.8) is 0 Å². The van der Waals surface area contributed by atoms with Gasteiger partial charge < -0.3 is 20.3 Å². The average Bonchev–Trinajstić information content (AvgIpc) is 3.28. The largest absolute Gasteiger partial charge is 0.374 e. The number of amides is 2. The Balaban J connectivity index is 1.28. The van der Waals surface area contributed by atoms with Gasteiger partial charge in [0.2, 0.25) is 21.8 Å². The molecule has 1 spiro atoms. The molecule has 2 aromatic rings. The number of sulfonamides is 1. The lowest BCUT2D eigenvalue weighted by Gasteiger charge is -2.41. The van der Waals surface area contributed by atoms with Gasteiger partial charge >= 0.3 is 0 Å². The summed E-state index contributed by atoms with van der Waals surface area (Å²) in [4.78, 5) is 28.5. The van der Waals surface area contributed by atoms with Crippen molar-refractivity contribution in [3.8, 4) is 0 Å². The Morgan fingerprint density at radius 2 is 1.79 bits per heavy atom. The van der Waals surface area contributed by atoms with Crippen molar-refractivity contribution in [2.75, 3.05) is 49.9 Å². The maximum Gasteiger partial charge on any atom is 0.247 e. The van der Waals surface area contributed by atoms with Gasteiger partial charge in [-0.25, -0.2) is 8.42 Å². The maximum absolute atomic E-state index is 13.7. The molecule has 0 radical (unpaired) electrons. The fourth-order valence-corrected chi connectivity index (χ4v) is 6.81. The van der Waals surface area contributed by atoms with Gasteiger partial charge in [-0.2, -0.15) is 0 Å². The van der Waals surface area contributed by atoms with Gasteiger partial charge in [-0.15, -0.1) is 0 Å². The van der Waals surface area contributed by atoms with Crippen LogP contribution in [0.15, 0.2) is 66.2 Å². The van der Waals surface area contributed by atoms with Gasteiger partial charge in [-0.3, -0.25) is 13.9 Å².